The van der Waals surface area contributed by atoms with Gasteiger partial charge in [0, 0.05) is 11.8 Å². The molecule has 3 rings (SSSR count). The number of carbonyl (C=O) groups is 1. The maximum absolute atomic E-state index is 12.6. The number of carbonyl (C=O) groups excluding carboxylic acids is 1. The highest BCUT2D eigenvalue weighted by molar-refractivity contribution is 6.02. The summed E-state index contributed by atoms with van der Waals surface area (Å²) in [6, 6.07) is 11.0. The summed E-state index contributed by atoms with van der Waals surface area (Å²) in [6.45, 7) is 3.45. The Balaban J connectivity index is 1.97. The van der Waals surface area contributed by atoms with E-state index >= 15 is 0 Å². The van der Waals surface area contributed by atoms with E-state index < -0.39 is 10.8 Å². The lowest BCUT2D eigenvalue weighted by atomic mass is 10.1. The number of hydrogen-bond donors (Lipinski definition) is 0. The Hall–Kier alpha value is -4.19. The molecule has 2 aromatic heterocycles. The summed E-state index contributed by atoms with van der Waals surface area (Å²) in [5.74, 6) is 0.179. The molecule has 1 aromatic carbocycles. The molecule has 29 heavy (non-hydrogen) atoms. The van der Waals surface area contributed by atoms with Gasteiger partial charge in [-0.3, -0.25) is 14.9 Å². The van der Waals surface area contributed by atoms with Gasteiger partial charge in [-0.25, -0.2) is 4.68 Å². The number of aromatic nitrogens is 2. The number of methoxy groups -OCH3 is 1. The first-order chi connectivity index (χ1) is 13.8. The third-order valence-electron chi connectivity index (χ3n) is 4.13. The van der Waals surface area contributed by atoms with Gasteiger partial charge >= 0.3 is 0 Å². The monoisotopic (exact) mass is 392 g/mol. The summed E-state index contributed by atoms with van der Waals surface area (Å²) in [5.41, 5.74) is 1.14. The normalized spacial score (nSPS) is 11.2. The highest BCUT2D eigenvalue weighted by atomic mass is 16.6. The molecule has 0 spiro atoms. The number of nitro groups is 1. The van der Waals surface area contributed by atoms with Crippen molar-refractivity contribution in [3.8, 4) is 23.1 Å². The van der Waals surface area contributed by atoms with Crippen LogP contribution in [0, 0.1) is 35.3 Å². The fourth-order valence-corrected chi connectivity index (χ4v) is 2.81. The van der Waals surface area contributed by atoms with Gasteiger partial charge in [-0.15, -0.1) is 0 Å². The first kappa shape index (κ1) is 19.6. The van der Waals surface area contributed by atoms with Gasteiger partial charge in [-0.05, 0) is 44.2 Å². The predicted molar refractivity (Wildman–Crippen MR) is 103 cm³/mol. The number of hydrogen-bond acceptors (Lipinski definition) is 7. The maximum Gasteiger partial charge on any atom is 0.289 e. The Morgan fingerprint density at radius 2 is 2.07 bits per heavy atom. The van der Waals surface area contributed by atoms with Crippen LogP contribution in [0.2, 0.25) is 0 Å². The number of benzene rings is 1. The molecule has 0 aliphatic rings. The molecule has 9 nitrogen and oxygen atoms in total. The largest absolute Gasteiger partial charge is 0.497 e. The van der Waals surface area contributed by atoms with Crippen LogP contribution in [0.15, 0.2) is 46.4 Å². The topological polar surface area (TPSA) is 124 Å². The van der Waals surface area contributed by atoms with Crippen LogP contribution in [0.25, 0.3) is 17.4 Å². The van der Waals surface area contributed by atoms with E-state index in [-0.39, 0.29) is 28.3 Å². The fraction of sp³-hybridized carbons (Fsp3) is 0.150. The first-order valence-electron chi connectivity index (χ1n) is 8.46. The van der Waals surface area contributed by atoms with E-state index in [0.717, 1.165) is 4.68 Å². The second kappa shape index (κ2) is 7.82. The Kier molecular flexibility index (Phi) is 5.27. The molecule has 0 radical (unpaired) electrons. The predicted octanol–water partition coefficient (Wildman–Crippen LogP) is 3.92. The number of allylic oxidation sites excluding steroid dienone is 1. The third-order valence-corrected chi connectivity index (χ3v) is 4.13. The molecule has 0 N–H and O–H groups in total. The van der Waals surface area contributed by atoms with Crippen molar-refractivity contribution in [1.29, 1.82) is 5.26 Å². The molecule has 0 fully saturated rings. The molecule has 3 aromatic rings. The molecule has 2 heterocycles. The van der Waals surface area contributed by atoms with Gasteiger partial charge in [0.1, 0.15) is 28.9 Å². The van der Waals surface area contributed by atoms with Crippen LogP contribution in [0.1, 0.15) is 21.9 Å². The lowest BCUT2D eigenvalue weighted by Gasteiger charge is -2.03. The van der Waals surface area contributed by atoms with Crippen molar-refractivity contribution in [2.75, 3.05) is 7.11 Å². The first-order valence-corrected chi connectivity index (χ1v) is 8.46. The van der Waals surface area contributed by atoms with Gasteiger partial charge in [0.2, 0.25) is 0 Å². The van der Waals surface area contributed by atoms with Gasteiger partial charge in [-0.2, -0.15) is 10.4 Å². The number of ether oxygens (including phenoxy) is 1. The fourth-order valence-electron chi connectivity index (χ4n) is 2.81. The summed E-state index contributed by atoms with van der Waals surface area (Å²) in [4.78, 5) is 23.4. The average Bonchev–Trinajstić information content (AvgIpc) is 3.30. The molecule has 0 aliphatic carbocycles. The second-order valence-corrected chi connectivity index (χ2v) is 6.16. The third kappa shape index (κ3) is 3.91. The van der Waals surface area contributed by atoms with Crippen LogP contribution >= 0.6 is 0 Å². The minimum Gasteiger partial charge on any atom is -0.497 e. The molecule has 0 bridgehead atoms. The van der Waals surface area contributed by atoms with Crippen LogP contribution in [0.4, 0.5) is 5.69 Å². The molecule has 9 heteroatoms. The van der Waals surface area contributed by atoms with E-state index in [0.29, 0.717) is 17.1 Å². The molecule has 0 aliphatic heterocycles. The summed E-state index contributed by atoms with van der Waals surface area (Å²) in [6.07, 6.45) is 1.28. The van der Waals surface area contributed by atoms with Crippen molar-refractivity contribution in [1.82, 2.24) is 9.78 Å². The molecule has 0 atom stereocenters. The van der Waals surface area contributed by atoms with E-state index in [1.54, 1.807) is 26.0 Å². The Labute approximate surface area is 165 Å². The standard InChI is InChI=1S/C20H16N4O5/c1-12-8-13(2)23(22-12)20(25)14(11-21)9-16-5-7-19(29-16)17-6-4-15(28-3)10-18(17)24(26)27/h4-10H,1-3H3/b14-9+. The quantitative estimate of drug-likeness (QED) is 0.279. The van der Waals surface area contributed by atoms with Crippen molar-refractivity contribution < 1.29 is 18.9 Å². The van der Waals surface area contributed by atoms with Gasteiger partial charge in [-0.1, -0.05) is 0 Å². The van der Waals surface area contributed by atoms with Crippen molar-refractivity contribution in [2.45, 2.75) is 13.8 Å². The van der Waals surface area contributed by atoms with Crippen LogP contribution in [0.5, 0.6) is 5.75 Å². The second-order valence-electron chi connectivity index (χ2n) is 6.16. The number of furan rings is 1. The van der Waals surface area contributed by atoms with Crippen LogP contribution in [0.3, 0.4) is 0 Å². The van der Waals surface area contributed by atoms with Gasteiger partial charge in [0.25, 0.3) is 11.6 Å². The van der Waals surface area contributed by atoms with E-state index in [1.807, 2.05) is 6.07 Å². The van der Waals surface area contributed by atoms with Gasteiger partial charge in [0.05, 0.1) is 29.4 Å². The summed E-state index contributed by atoms with van der Waals surface area (Å²) < 4.78 is 11.8. The SMILES string of the molecule is COc1ccc(-c2ccc(/C=C(\C#N)C(=O)n3nc(C)cc3C)o2)c([N+](=O)[O-])c1. The lowest BCUT2D eigenvalue weighted by molar-refractivity contribution is -0.384. The van der Waals surface area contributed by atoms with Crippen molar-refractivity contribution >= 4 is 17.7 Å². The number of nitrogens with zero attached hydrogens (tertiary/aromatic N) is 4. The number of nitriles is 1. The Bertz CT molecular complexity index is 1180. The van der Waals surface area contributed by atoms with Crippen molar-refractivity contribution in [3.63, 3.8) is 0 Å². The zero-order chi connectivity index (χ0) is 21.1. The van der Waals surface area contributed by atoms with E-state index in [9.17, 15) is 20.2 Å². The molecular weight excluding hydrogens is 376 g/mol. The Morgan fingerprint density at radius 1 is 1.31 bits per heavy atom. The minimum atomic E-state index is -0.591. The molecule has 0 saturated heterocycles. The molecular formula is C20H16N4O5. The average molecular weight is 392 g/mol. The molecule has 0 amide bonds. The molecule has 0 unspecified atom stereocenters. The van der Waals surface area contributed by atoms with E-state index in [4.69, 9.17) is 9.15 Å². The highest BCUT2D eigenvalue weighted by Gasteiger charge is 2.20. The number of aryl methyl sites for hydroxylation is 2. The lowest BCUT2D eigenvalue weighted by Crippen LogP contribution is -2.15. The van der Waals surface area contributed by atoms with E-state index in [1.165, 1.54) is 37.5 Å². The summed E-state index contributed by atoms with van der Waals surface area (Å²) in [5, 5.41) is 24.8. The molecule has 146 valence electrons. The minimum absolute atomic E-state index is 0.179. The van der Waals surface area contributed by atoms with Gasteiger partial charge < -0.3 is 9.15 Å². The van der Waals surface area contributed by atoms with Crippen LogP contribution in [-0.4, -0.2) is 27.7 Å². The van der Waals surface area contributed by atoms with Crippen molar-refractivity contribution in [2.24, 2.45) is 0 Å². The smallest absolute Gasteiger partial charge is 0.289 e. The summed E-state index contributed by atoms with van der Waals surface area (Å²) in [7, 11) is 1.41. The maximum atomic E-state index is 12.6. The highest BCUT2D eigenvalue weighted by Crippen LogP contribution is 2.34. The number of rotatable bonds is 5. The van der Waals surface area contributed by atoms with E-state index in [2.05, 4.69) is 5.10 Å². The van der Waals surface area contributed by atoms with Gasteiger partial charge in [0.15, 0.2) is 0 Å². The van der Waals surface area contributed by atoms with Crippen molar-refractivity contribution in [3.05, 3.63) is 69.2 Å². The Morgan fingerprint density at radius 3 is 2.66 bits per heavy atom. The summed E-state index contributed by atoms with van der Waals surface area (Å²) >= 11 is 0. The number of nitro benzene ring substituents is 1. The molecule has 0 saturated carbocycles. The van der Waals surface area contributed by atoms with Crippen LogP contribution < -0.4 is 4.74 Å². The zero-order valence-corrected chi connectivity index (χ0v) is 15.9. The van der Waals surface area contributed by atoms with Crippen LogP contribution in [-0.2, 0) is 0 Å². The zero-order valence-electron chi connectivity index (χ0n) is 15.9.